The average molecular weight is 382 g/mol. The maximum atomic E-state index is 12.1. The number of pyridine rings is 1. The molecule has 2 aromatic heterocycles. The Kier molecular flexibility index (Phi) is 5.67. The summed E-state index contributed by atoms with van der Waals surface area (Å²) in [6, 6.07) is 8.80. The lowest BCUT2D eigenvalue weighted by atomic mass is 9.98. The van der Waals surface area contributed by atoms with Gasteiger partial charge in [-0.2, -0.15) is 0 Å². The van der Waals surface area contributed by atoms with Gasteiger partial charge in [-0.05, 0) is 56.0 Å². The zero-order chi connectivity index (χ0) is 19.5. The number of hydrogen-bond acceptors (Lipinski definition) is 4. The summed E-state index contributed by atoms with van der Waals surface area (Å²) in [5.41, 5.74) is 3.20. The highest BCUT2D eigenvalue weighted by Gasteiger charge is 2.27. The van der Waals surface area contributed by atoms with Crippen LogP contribution in [0.5, 0.6) is 0 Å². The van der Waals surface area contributed by atoms with Gasteiger partial charge in [-0.1, -0.05) is 12.5 Å². The normalized spacial score (nSPS) is 20.5. The molecule has 0 saturated carbocycles. The Balaban J connectivity index is 1.50. The molecule has 0 radical (unpaired) electrons. The lowest BCUT2D eigenvalue weighted by Crippen LogP contribution is -2.34. The number of likely N-dealkylation sites (tertiary alicyclic amines) is 1. The summed E-state index contributed by atoms with van der Waals surface area (Å²) < 4.78 is 2.05. The minimum absolute atomic E-state index is 0.0298. The molecule has 2 aromatic rings. The predicted octanol–water partition coefficient (Wildman–Crippen LogP) is 3.11. The second kappa shape index (κ2) is 8.35. The molecule has 2 aliphatic heterocycles. The number of amides is 1. The number of aromatic nitrogens is 2. The van der Waals surface area contributed by atoms with Gasteiger partial charge in [0.05, 0.1) is 6.04 Å². The van der Waals surface area contributed by atoms with Crippen LogP contribution in [0.15, 0.2) is 30.5 Å². The smallest absolute Gasteiger partial charge is 0.267 e. The zero-order valence-corrected chi connectivity index (χ0v) is 17.0. The van der Waals surface area contributed by atoms with E-state index >= 15 is 0 Å². The zero-order valence-electron chi connectivity index (χ0n) is 17.0. The fraction of sp³-hybridized carbons (Fsp3) is 0.545. The van der Waals surface area contributed by atoms with Gasteiger partial charge in [0, 0.05) is 45.6 Å². The topological polar surface area (TPSA) is 53.4 Å². The number of nitrogens with zero attached hydrogens (tertiary/aromatic N) is 4. The summed E-state index contributed by atoms with van der Waals surface area (Å²) in [4.78, 5) is 21.7. The number of piperidine rings is 1. The van der Waals surface area contributed by atoms with Gasteiger partial charge in [-0.3, -0.25) is 9.69 Å². The van der Waals surface area contributed by atoms with Crippen molar-refractivity contribution in [3.63, 3.8) is 0 Å². The summed E-state index contributed by atoms with van der Waals surface area (Å²) in [5.74, 6) is 1.08. The second-order valence-corrected chi connectivity index (χ2v) is 7.98. The Hall–Kier alpha value is -2.34. The quantitative estimate of drug-likeness (QED) is 0.865. The summed E-state index contributed by atoms with van der Waals surface area (Å²) in [5, 5.41) is 2.73. The van der Waals surface area contributed by atoms with Crippen LogP contribution in [0.25, 0.3) is 0 Å². The van der Waals surface area contributed by atoms with Gasteiger partial charge in [0.1, 0.15) is 11.5 Å². The molecule has 0 aromatic carbocycles. The number of carbonyl (C=O) groups is 1. The lowest BCUT2D eigenvalue weighted by Gasteiger charge is -2.36. The molecular formula is C22H31N5O. The number of anilines is 1. The highest BCUT2D eigenvalue weighted by Crippen LogP contribution is 2.33. The van der Waals surface area contributed by atoms with E-state index in [1.165, 1.54) is 36.9 Å². The maximum Gasteiger partial charge on any atom is 0.267 e. The molecule has 150 valence electrons. The molecule has 2 fully saturated rings. The molecule has 4 rings (SSSR count). The van der Waals surface area contributed by atoms with Crippen molar-refractivity contribution >= 4 is 11.7 Å². The van der Waals surface area contributed by atoms with Gasteiger partial charge >= 0.3 is 0 Å². The predicted molar refractivity (Wildman–Crippen MR) is 111 cm³/mol. The average Bonchev–Trinajstić information content (AvgIpc) is 3.39. The fourth-order valence-electron chi connectivity index (χ4n) is 4.61. The van der Waals surface area contributed by atoms with Crippen LogP contribution in [0.3, 0.4) is 0 Å². The minimum Gasteiger partial charge on any atom is -0.357 e. The molecule has 1 amide bonds. The molecule has 0 aliphatic carbocycles. The van der Waals surface area contributed by atoms with Crippen LogP contribution in [-0.2, 0) is 13.6 Å². The van der Waals surface area contributed by atoms with Gasteiger partial charge in [0.15, 0.2) is 0 Å². The standard InChI is InChI=1S/C22H31N5O/c1-23-22(28)20-10-9-18(25(20)2)19-7-3-4-14-27(19)16-17-8-11-21(24-15-17)26-12-5-6-13-26/h8-11,15,19H,3-7,12-14,16H2,1-2H3,(H,23,28)/t19-/m0/s1. The molecule has 2 saturated heterocycles. The Morgan fingerprint density at radius 1 is 1.11 bits per heavy atom. The Labute approximate surface area is 167 Å². The third-order valence-corrected chi connectivity index (χ3v) is 6.20. The van der Waals surface area contributed by atoms with Gasteiger partial charge < -0.3 is 14.8 Å². The van der Waals surface area contributed by atoms with Crippen molar-refractivity contribution in [2.75, 3.05) is 31.6 Å². The number of nitrogens with one attached hydrogen (secondary N) is 1. The summed E-state index contributed by atoms with van der Waals surface area (Å²) in [6.45, 7) is 4.24. The molecule has 0 spiro atoms. The van der Waals surface area contributed by atoms with Gasteiger partial charge in [0.25, 0.3) is 5.91 Å². The molecule has 1 N–H and O–H groups in total. The van der Waals surface area contributed by atoms with E-state index in [0.29, 0.717) is 6.04 Å². The molecule has 6 heteroatoms. The summed E-state index contributed by atoms with van der Waals surface area (Å²) >= 11 is 0. The number of rotatable bonds is 5. The molecule has 1 atom stereocenters. The van der Waals surface area contributed by atoms with Crippen molar-refractivity contribution < 1.29 is 4.79 Å². The van der Waals surface area contributed by atoms with E-state index in [4.69, 9.17) is 4.98 Å². The first-order valence-corrected chi connectivity index (χ1v) is 10.5. The SMILES string of the molecule is CNC(=O)c1ccc([C@@H]2CCCCN2Cc2ccc(N3CCCC3)nc2)n1C. The second-order valence-electron chi connectivity index (χ2n) is 7.98. The Morgan fingerprint density at radius 2 is 1.89 bits per heavy atom. The maximum absolute atomic E-state index is 12.1. The molecule has 4 heterocycles. The van der Waals surface area contributed by atoms with E-state index < -0.39 is 0 Å². The highest BCUT2D eigenvalue weighted by atomic mass is 16.1. The van der Waals surface area contributed by atoms with Crippen molar-refractivity contribution in [1.29, 1.82) is 0 Å². The number of carbonyl (C=O) groups excluding carboxylic acids is 1. The molecule has 0 unspecified atom stereocenters. The largest absolute Gasteiger partial charge is 0.357 e. The first-order valence-electron chi connectivity index (χ1n) is 10.5. The van der Waals surface area contributed by atoms with Gasteiger partial charge in [0.2, 0.25) is 0 Å². The molecule has 0 bridgehead atoms. The van der Waals surface area contributed by atoms with E-state index in [2.05, 4.69) is 37.9 Å². The summed E-state index contributed by atoms with van der Waals surface area (Å²) in [7, 11) is 3.68. The van der Waals surface area contributed by atoms with Gasteiger partial charge in [-0.15, -0.1) is 0 Å². The van der Waals surface area contributed by atoms with E-state index in [1.807, 2.05) is 19.3 Å². The van der Waals surface area contributed by atoms with Crippen LogP contribution in [0.1, 0.15) is 59.9 Å². The molecule has 2 aliphatic rings. The van der Waals surface area contributed by atoms with Crippen LogP contribution in [0.2, 0.25) is 0 Å². The molecule has 28 heavy (non-hydrogen) atoms. The van der Waals surface area contributed by atoms with Crippen molar-refractivity contribution in [3.05, 3.63) is 47.4 Å². The van der Waals surface area contributed by atoms with E-state index in [0.717, 1.165) is 44.1 Å². The Bertz CT molecular complexity index is 807. The van der Waals surface area contributed by atoms with Crippen LogP contribution in [0.4, 0.5) is 5.82 Å². The van der Waals surface area contributed by atoms with Crippen LogP contribution in [-0.4, -0.2) is 47.0 Å². The third-order valence-electron chi connectivity index (χ3n) is 6.20. The van der Waals surface area contributed by atoms with Gasteiger partial charge in [-0.25, -0.2) is 4.98 Å². The minimum atomic E-state index is -0.0298. The van der Waals surface area contributed by atoms with E-state index in [-0.39, 0.29) is 5.91 Å². The Morgan fingerprint density at radius 3 is 2.61 bits per heavy atom. The van der Waals surface area contributed by atoms with Crippen molar-refractivity contribution in [1.82, 2.24) is 19.8 Å². The summed E-state index contributed by atoms with van der Waals surface area (Å²) in [6.07, 6.45) is 8.17. The van der Waals surface area contributed by atoms with Crippen molar-refractivity contribution in [3.8, 4) is 0 Å². The first-order chi connectivity index (χ1) is 13.7. The number of hydrogen-bond donors (Lipinski definition) is 1. The highest BCUT2D eigenvalue weighted by molar-refractivity contribution is 5.92. The van der Waals surface area contributed by atoms with Crippen LogP contribution in [0, 0.1) is 0 Å². The fourth-order valence-corrected chi connectivity index (χ4v) is 4.61. The van der Waals surface area contributed by atoms with E-state index in [9.17, 15) is 4.79 Å². The third kappa shape index (κ3) is 3.78. The first kappa shape index (κ1) is 19.0. The van der Waals surface area contributed by atoms with Crippen molar-refractivity contribution in [2.45, 2.75) is 44.7 Å². The van der Waals surface area contributed by atoms with E-state index in [1.54, 1.807) is 7.05 Å². The molecule has 6 nitrogen and oxygen atoms in total. The molecular weight excluding hydrogens is 350 g/mol. The lowest BCUT2D eigenvalue weighted by molar-refractivity contribution is 0.0952. The van der Waals surface area contributed by atoms with Crippen LogP contribution < -0.4 is 10.2 Å². The van der Waals surface area contributed by atoms with Crippen LogP contribution >= 0.6 is 0 Å². The van der Waals surface area contributed by atoms with Crippen molar-refractivity contribution in [2.24, 2.45) is 7.05 Å². The monoisotopic (exact) mass is 381 g/mol.